The molecule has 1 aliphatic heterocycles. The number of thioether (sulfide) groups is 1. The Morgan fingerprint density at radius 1 is 0.977 bits per heavy atom. The van der Waals surface area contributed by atoms with Crippen molar-refractivity contribution in [1.82, 2.24) is 0 Å². The van der Waals surface area contributed by atoms with E-state index in [1.54, 1.807) is 41.3 Å². The first kappa shape index (κ1) is 31.7. The summed E-state index contributed by atoms with van der Waals surface area (Å²) < 4.78 is 11.9. The van der Waals surface area contributed by atoms with Crippen LogP contribution < -0.4 is 19.7 Å². The number of carbonyl (C=O) groups excluding carboxylic acids is 2. The molecule has 7 nitrogen and oxygen atoms in total. The fourth-order valence-electron chi connectivity index (χ4n) is 4.22. The summed E-state index contributed by atoms with van der Waals surface area (Å²) in [6, 6.07) is 23.9. The molecule has 0 bridgehead atoms. The van der Waals surface area contributed by atoms with Gasteiger partial charge in [0.05, 0.1) is 37.9 Å². The average Bonchev–Trinajstić information content (AvgIpc) is 3.29. The highest BCUT2D eigenvalue weighted by molar-refractivity contribution is 9.10. The first-order chi connectivity index (χ1) is 21.1. The van der Waals surface area contributed by atoms with E-state index in [4.69, 9.17) is 37.7 Å². The van der Waals surface area contributed by atoms with Crippen LogP contribution in [0.15, 0.2) is 93.2 Å². The third-order valence-electron chi connectivity index (χ3n) is 6.46. The minimum atomic E-state index is -0.395. The van der Waals surface area contributed by atoms with Gasteiger partial charge < -0.3 is 14.8 Å². The quantitative estimate of drug-likeness (QED) is 0.185. The molecule has 1 heterocycles. The average molecular weight is 711 g/mol. The normalized spacial score (nSPS) is 14.8. The molecule has 1 fully saturated rings. The number of rotatable bonds is 8. The molecule has 0 aliphatic carbocycles. The Hall–Kier alpha value is -3.76. The maximum absolute atomic E-state index is 13.8. The molecule has 0 atom stereocenters. The van der Waals surface area contributed by atoms with Crippen molar-refractivity contribution in [3.63, 3.8) is 0 Å². The van der Waals surface area contributed by atoms with Gasteiger partial charge in [-0.1, -0.05) is 58.6 Å². The van der Waals surface area contributed by atoms with Crippen LogP contribution >= 0.6 is 50.9 Å². The highest BCUT2D eigenvalue weighted by atomic mass is 79.9. The van der Waals surface area contributed by atoms with E-state index < -0.39 is 5.91 Å². The number of amidine groups is 1. The Balaban J connectivity index is 1.39. The zero-order valence-corrected chi connectivity index (χ0v) is 27.8. The van der Waals surface area contributed by atoms with Gasteiger partial charge in [0.2, 0.25) is 0 Å². The summed E-state index contributed by atoms with van der Waals surface area (Å²) in [4.78, 5) is 33.2. The molecule has 44 heavy (non-hydrogen) atoms. The topological polar surface area (TPSA) is 80.2 Å². The van der Waals surface area contributed by atoms with Crippen molar-refractivity contribution < 1.29 is 19.1 Å². The summed E-state index contributed by atoms with van der Waals surface area (Å²) in [6.45, 7) is 3.73. The van der Waals surface area contributed by atoms with Crippen LogP contribution in [-0.2, 0) is 9.59 Å². The molecule has 0 saturated carbocycles. The van der Waals surface area contributed by atoms with Gasteiger partial charge in [0.25, 0.3) is 11.8 Å². The van der Waals surface area contributed by atoms with E-state index in [0.29, 0.717) is 47.3 Å². The summed E-state index contributed by atoms with van der Waals surface area (Å²) in [5.74, 6) is 0.132. The fourth-order valence-corrected chi connectivity index (χ4v) is 6.10. The smallest absolute Gasteiger partial charge is 0.271 e. The van der Waals surface area contributed by atoms with E-state index in [-0.39, 0.29) is 12.5 Å². The van der Waals surface area contributed by atoms with Gasteiger partial charge >= 0.3 is 0 Å². The molecule has 1 N–H and O–H groups in total. The number of aryl methyl sites for hydroxylation is 2. The van der Waals surface area contributed by atoms with Gasteiger partial charge in [-0.15, -0.1) is 0 Å². The number of anilines is 2. The lowest BCUT2D eigenvalue weighted by molar-refractivity contribution is -0.118. The number of amides is 2. The van der Waals surface area contributed by atoms with Crippen molar-refractivity contribution in [2.45, 2.75) is 13.8 Å². The van der Waals surface area contributed by atoms with Crippen LogP contribution in [0.1, 0.15) is 16.7 Å². The van der Waals surface area contributed by atoms with Crippen LogP contribution in [0.25, 0.3) is 6.08 Å². The number of methoxy groups -OCH3 is 1. The van der Waals surface area contributed by atoms with E-state index in [1.165, 1.54) is 18.9 Å². The Morgan fingerprint density at radius 2 is 1.66 bits per heavy atom. The van der Waals surface area contributed by atoms with Crippen molar-refractivity contribution in [1.29, 1.82) is 0 Å². The second-order valence-electron chi connectivity index (χ2n) is 9.82. The lowest BCUT2D eigenvalue weighted by Gasteiger charge is -2.16. The van der Waals surface area contributed by atoms with Gasteiger partial charge in [0.1, 0.15) is 0 Å². The van der Waals surface area contributed by atoms with Crippen molar-refractivity contribution in [3.8, 4) is 11.5 Å². The number of aliphatic imine (C=N–C) groups is 1. The highest BCUT2D eigenvalue weighted by Gasteiger charge is 2.35. The van der Waals surface area contributed by atoms with Crippen LogP contribution in [0.3, 0.4) is 0 Å². The third-order valence-corrected chi connectivity index (χ3v) is 8.75. The number of benzene rings is 4. The van der Waals surface area contributed by atoms with Crippen LogP contribution in [0.4, 0.5) is 17.1 Å². The van der Waals surface area contributed by atoms with E-state index in [1.807, 2.05) is 62.4 Å². The lowest BCUT2D eigenvalue weighted by Crippen LogP contribution is -2.28. The van der Waals surface area contributed by atoms with Gasteiger partial charge in [-0.05, 0) is 108 Å². The number of hydrogen-bond acceptors (Lipinski definition) is 6. The lowest BCUT2D eigenvalue weighted by atomic mass is 10.1. The second kappa shape index (κ2) is 13.9. The molecule has 2 amide bonds. The van der Waals surface area contributed by atoms with Crippen LogP contribution in [-0.4, -0.2) is 30.7 Å². The Bertz CT molecular complexity index is 1790. The summed E-state index contributed by atoms with van der Waals surface area (Å²) >= 11 is 16.8. The largest absolute Gasteiger partial charge is 0.493 e. The molecule has 224 valence electrons. The zero-order chi connectivity index (χ0) is 31.4. The number of carbonyl (C=O) groups is 2. The summed E-state index contributed by atoms with van der Waals surface area (Å²) in [7, 11) is 1.50. The molecule has 0 unspecified atom stereocenters. The molecule has 4 aromatic carbocycles. The van der Waals surface area contributed by atoms with Gasteiger partial charge in [-0.3, -0.25) is 14.5 Å². The number of halogens is 3. The molecule has 1 saturated heterocycles. The Kier molecular flexibility index (Phi) is 10.0. The predicted molar refractivity (Wildman–Crippen MR) is 184 cm³/mol. The summed E-state index contributed by atoms with van der Waals surface area (Å²) in [5.41, 5.74) is 4.87. The Morgan fingerprint density at radius 3 is 2.32 bits per heavy atom. The number of nitrogens with zero attached hydrogens (tertiary/aromatic N) is 2. The van der Waals surface area contributed by atoms with E-state index in [9.17, 15) is 9.59 Å². The number of nitrogens with one attached hydrogen (secondary N) is 1. The number of hydrogen-bond donors (Lipinski definition) is 1. The van der Waals surface area contributed by atoms with Gasteiger partial charge in [-0.25, -0.2) is 4.99 Å². The molecule has 1 aliphatic rings. The maximum Gasteiger partial charge on any atom is 0.271 e. The molecule has 0 radical (unpaired) electrons. The van der Waals surface area contributed by atoms with Crippen molar-refractivity contribution in [2.75, 3.05) is 23.9 Å². The van der Waals surface area contributed by atoms with Crippen molar-refractivity contribution in [3.05, 3.63) is 115 Å². The fraction of sp³-hybridized carbons (Fsp3) is 0.121. The van der Waals surface area contributed by atoms with Crippen molar-refractivity contribution >= 4 is 91.0 Å². The molecular formula is C33H26BrCl2N3O4S. The van der Waals surface area contributed by atoms with Crippen LogP contribution in [0.5, 0.6) is 11.5 Å². The second-order valence-corrected chi connectivity index (χ2v) is 12.5. The standard InChI is InChI=1S/C33H26BrCl2N3O4S/c1-19-4-8-22(9-5-19)38-33-39(24-11-6-20(2)7-12-24)32(41)29(44-33)16-21-14-25(34)31(28(15-21)42-3)43-18-30(40)37-23-10-13-26(35)27(36)17-23/h4-17H,18H2,1-3H3,(H,37,40)/b29-16+,38-33?. The van der Waals surface area contributed by atoms with Gasteiger partial charge in [-0.2, -0.15) is 0 Å². The molecule has 4 aromatic rings. The predicted octanol–water partition coefficient (Wildman–Crippen LogP) is 9.21. The van der Waals surface area contributed by atoms with E-state index in [2.05, 4.69) is 21.2 Å². The SMILES string of the molecule is COc1cc(/C=C2/SC(=Nc3ccc(C)cc3)N(c3ccc(C)cc3)C2=O)cc(Br)c1OCC(=O)Nc1ccc(Cl)c(Cl)c1. The number of ether oxygens (including phenoxy) is 2. The minimum Gasteiger partial charge on any atom is -0.493 e. The molecule has 0 spiro atoms. The molecule has 5 rings (SSSR count). The monoisotopic (exact) mass is 709 g/mol. The van der Waals surface area contributed by atoms with Gasteiger partial charge in [0, 0.05) is 5.69 Å². The van der Waals surface area contributed by atoms with E-state index >= 15 is 0 Å². The highest BCUT2D eigenvalue weighted by Crippen LogP contribution is 2.41. The Labute approximate surface area is 278 Å². The van der Waals surface area contributed by atoms with Gasteiger partial charge in [0.15, 0.2) is 23.3 Å². The molecular weight excluding hydrogens is 685 g/mol. The third kappa shape index (κ3) is 7.47. The zero-order valence-electron chi connectivity index (χ0n) is 23.9. The molecule has 0 aromatic heterocycles. The van der Waals surface area contributed by atoms with E-state index in [0.717, 1.165) is 22.5 Å². The molecule has 11 heteroatoms. The summed E-state index contributed by atoms with van der Waals surface area (Å²) in [6.07, 6.45) is 1.78. The summed E-state index contributed by atoms with van der Waals surface area (Å²) in [5, 5.41) is 3.98. The van der Waals surface area contributed by atoms with Crippen LogP contribution in [0, 0.1) is 13.8 Å². The van der Waals surface area contributed by atoms with Crippen LogP contribution in [0.2, 0.25) is 10.0 Å². The first-order valence-electron chi connectivity index (χ1n) is 13.3. The van der Waals surface area contributed by atoms with Crippen molar-refractivity contribution in [2.24, 2.45) is 4.99 Å². The first-order valence-corrected chi connectivity index (χ1v) is 15.7. The maximum atomic E-state index is 13.8. The minimum absolute atomic E-state index is 0.195.